The van der Waals surface area contributed by atoms with Crippen molar-refractivity contribution in [2.75, 3.05) is 13.1 Å². The first-order valence-corrected chi connectivity index (χ1v) is 11.0. The molecule has 33 heavy (non-hydrogen) atoms. The lowest BCUT2D eigenvalue weighted by atomic mass is 9.99. The first kappa shape index (κ1) is 21.0. The molecule has 0 aliphatic carbocycles. The minimum Gasteiger partial charge on any atom is -0.294 e. The number of likely N-dealkylation sites (tertiary alicyclic amines) is 1. The number of halogens is 1. The number of piperidine rings is 1. The summed E-state index contributed by atoms with van der Waals surface area (Å²) < 4.78 is 14.9. The molecule has 0 bridgehead atoms. The first-order chi connectivity index (χ1) is 16.1. The fourth-order valence-electron chi connectivity index (χ4n) is 4.34. The Kier molecular flexibility index (Phi) is 5.71. The number of fused-ring (bicyclic) bond motifs is 1. The molecule has 1 aromatic heterocycles. The third kappa shape index (κ3) is 4.41. The number of aromatic nitrogens is 1. The van der Waals surface area contributed by atoms with Gasteiger partial charge in [-0.05, 0) is 42.0 Å². The predicted octanol–water partition coefficient (Wildman–Crippen LogP) is 5.33. The summed E-state index contributed by atoms with van der Waals surface area (Å²) in [5.74, 6) is -0.484. The van der Waals surface area contributed by atoms with Crippen molar-refractivity contribution in [3.8, 4) is 0 Å². The standard InChI is InChI=1S/C28H23FN2O2/c29-24-12-10-21(11-13-24)28(33)31-19-22(25-8-4-5-9-26(25)31)16-23-18-30(15-14-27(23)32)17-20-6-2-1-3-7-20/h1-13,16,19H,14-15,17-18H2/b23-16+. The molecule has 1 aliphatic heterocycles. The molecule has 0 radical (unpaired) electrons. The molecule has 0 amide bonds. The third-order valence-corrected chi connectivity index (χ3v) is 6.04. The average molecular weight is 439 g/mol. The van der Waals surface area contributed by atoms with Crippen LogP contribution in [0.1, 0.15) is 27.9 Å². The highest BCUT2D eigenvalue weighted by Crippen LogP contribution is 2.26. The summed E-state index contributed by atoms with van der Waals surface area (Å²) in [7, 11) is 0. The summed E-state index contributed by atoms with van der Waals surface area (Å²) in [4.78, 5) is 28.1. The molecule has 0 unspecified atom stereocenters. The monoisotopic (exact) mass is 438 g/mol. The molecule has 0 atom stereocenters. The zero-order valence-electron chi connectivity index (χ0n) is 18.1. The topological polar surface area (TPSA) is 42.3 Å². The van der Waals surface area contributed by atoms with Crippen LogP contribution in [0.4, 0.5) is 4.39 Å². The normalized spacial score (nSPS) is 15.9. The maximum atomic E-state index is 13.3. The lowest BCUT2D eigenvalue weighted by Gasteiger charge is -2.27. The van der Waals surface area contributed by atoms with Crippen LogP contribution in [0.25, 0.3) is 17.0 Å². The number of hydrogen-bond acceptors (Lipinski definition) is 3. The number of benzene rings is 3. The van der Waals surface area contributed by atoms with Crippen LogP contribution in [-0.4, -0.2) is 34.2 Å². The summed E-state index contributed by atoms with van der Waals surface area (Å²) >= 11 is 0. The molecule has 5 rings (SSSR count). The first-order valence-electron chi connectivity index (χ1n) is 11.0. The molecule has 164 valence electrons. The Balaban J connectivity index is 1.48. The van der Waals surface area contributed by atoms with E-state index in [0.717, 1.165) is 35.1 Å². The zero-order valence-corrected chi connectivity index (χ0v) is 18.1. The van der Waals surface area contributed by atoms with Crippen LogP contribution >= 0.6 is 0 Å². The van der Waals surface area contributed by atoms with E-state index in [1.165, 1.54) is 29.8 Å². The number of rotatable bonds is 4. The average Bonchev–Trinajstić information content (AvgIpc) is 3.20. The van der Waals surface area contributed by atoms with Gasteiger partial charge in [0.15, 0.2) is 5.78 Å². The van der Waals surface area contributed by atoms with Crippen LogP contribution in [0.2, 0.25) is 0 Å². The van der Waals surface area contributed by atoms with E-state index in [-0.39, 0.29) is 17.5 Å². The van der Waals surface area contributed by atoms with Gasteiger partial charge in [0.25, 0.3) is 5.91 Å². The smallest absolute Gasteiger partial charge is 0.262 e. The van der Waals surface area contributed by atoms with Crippen LogP contribution in [0.15, 0.2) is 90.6 Å². The van der Waals surface area contributed by atoms with Crippen molar-refractivity contribution in [1.82, 2.24) is 9.47 Å². The van der Waals surface area contributed by atoms with E-state index in [9.17, 15) is 14.0 Å². The number of carbonyl (C=O) groups excluding carboxylic acids is 2. The summed E-state index contributed by atoms with van der Waals surface area (Å²) in [5, 5.41) is 0.897. The van der Waals surface area contributed by atoms with Crippen LogP contribution in [0, 0.1) is 5.82 Å². The van der Waals surface area contributed by atoms with E-state index in [1.807, 2.05) is 48.5 Å². The lowest BCUT2D eigenvalue weighted by Crippen LogP contribution is -2.35. The molecule has 4 nitrogen and oxygen atoms in total. The van der Waals surface area contributed by atoms with Gasteiger partial charge in [0.2, 0.25) is 0 Å². The molecule has 1 aliphatic rings. The Hall–Kier alpha value is -3.83. The highest BCUT2D eigenvalue weighted by Gasteiger charge is 2.22. The summed E-state index contributed by atoms with van der Waals surface area (Å²) in [5.41, 5.74) is 3.94. The molecule has 3 aromatic carbocycles. The minimum atomic E-state index is -0.384. The fraction of sp³-hybridized carbons (Fsp3) is 0.143. The Labute approximate surface area is 191 Å². The Morgan fingerprint density at radius 1 is 0.939 bits per heavy atom. The SMILES string of the molecule is O=C1CCN(Cc2ccccc2)C/C1=C\c1cn(C(=O)c2ccc(F)cc2)c2ccccc12. The predicted molar refractivity (Wildman–Crippen MR) is 127 cm³/mol. The Morgan fingerprint density at radius 2 is 1.67 bits per heavy atom. The van der Waals surface area contributed by atoms with Gasteiger partial charge < -0.3 is 0 Å². The van der Waals surface area contributed by atoms with E-state index in [1.54, 1.807) is 10.8 Å². The van der Waals surface area contributed by atoms with E-state index in [2.05, 4.69) is 17.0 Å². The van der Waals surface area contributed by atoms with Crippen molar-refractivity contribution in [3.05, 3.63) is 113 Å². The summed E-state index contributed by atoms with van der Waals surface area (Å²) in [6, 6.07) is 23.4. The van der Waals surface area contributed by atoms with E-state index in [0.29, 0.717) is 18.5 Å². The molecule has 2 heterocycles. The van der Waals surface area contributed by atoms with Gasteiger partial charge in [-0.1, -0.05) is 48.5 Å². The Morgan fingerprint density at radius 3 is 2.45 bits per heavy atom. The number of Topliss-reactive ketones (excluding diaryl/α,β-unsaturated/α-hetero) is 1. The number of nitrogens with zero attached hydrogens (tertiary/aromatic N) is 2. The number of ketones is 1. The maximum absolute atomic E-state index is 13.3. The quantitative estimate of drug-likeness (QED) is 0.405. The second kappa shape index (κ2) is 8.96. The van der Waals surface area contributed by atoms with Gasteiger partial charge in [-0.15, -0.1) is 0 Å². The molecule has 0 saturated carbocycles. The lowest BCUT2D eigenvalue weighted by molar-refractivity contribution is -0.117. The van der Waals surface area contributed by atoms with Crippen LogP contribution < -0.4 is 0 Å². The van der Waals surface area contributed by atoms with Crippen molar-refractivity contribution >= 4 is 28.7 Å². The van der Waals surface area contributed by atoms with E-state index >= 15 is 0 Å². The van der Waals surface area contributed by atoms with Crippen molar-refractivity contribution in [1.29, 1.82) is 0 Å². The van der Waals surface area contributed by atoms with Crippen molar-refractivity contribution in [2.45, 2.75) is 13.0 Å². The molecular weight excluding hydrogens is 415 g/mol. The molecule has 1 fully saturated rings. The van der Waals surface area contributed by atoms with Gasteiger partial charge in [-0.2, -0.15) is 0 Å². The van der Waals surface area contributed by atoms with Gasteiger partial charge in [-0.3, -0.25) is 19.1 Å². The minimum absolute atomic E-state index is 0.140. The largest absolute Gasteiger partial charge is 0.294 e. The van der Waals surface area contributed by atoms with Crippen LogP contribution in [-0.2, 0) is 11.3 Å². The van der Waals surface area contributed by atoms with Gasteiger partial charge in [0.05, 0.1) is 5.52 Å². The molecule has 1 saturated heterocycles. The summed E-state index contributed by atoms with van der Waals surface area (Å²) in [6.45, 7) is 2.09. The van der Waals surface area contributed by atoms with Crippen molar-refractivity contribution < 1.29 is 14.0 Å². The maximum Gasteiger partial charge on any atom is 0.262 e. The molecule has 4 aromatic rings. The van der Waals surface area contributed by atoms with E-state index in [4.69, 9.17) is 0 Å². The highest BCUT2D eigenvalue weighted by molar-refractivity contribution is 6.07. The Bertz CT molecular complexity index is 1350. The van der Waals surface area contributed by atoms with Gasteiger partial charge in [0, 0.05) is 54.3 Å². The molecule has 0 spiro atoms. The van der Waals surface area contributed by atoms with Gasteiger partial charge in [0.1, 0.15) is 5.82 Å². The van der Waals surface area contributed by atoms with Crippen LogP contribution in [0.3, 0.4) is 0 Å². The van der Waals surface area contributed by atoms with Gasteiger partial charge in [-0.25, -0.2) is 4.39 Å². The molecule has 5 heteroatoms. The number of para-hydroxylation sites is 1. The molecular formula is C28H23FN2O2. The number of carbonyl (C=O) groups is 2. The van der Waals surface area contributed by atoms with Gasteiger partial charge >= 0.3 is 0 Å². The third-order valence-electron chi connectivity index (χ3n) is 6.04. The van der Waals surface area contributed by atoms with E-state index < -0.39 is 0 Å². The highest BCUT2D eigenvalue weighted by atomic mass is 19.1. The fourth-order valence-corrected chi connectivity index (χ4v) is 4.34. The van der Waals surface area contributed by atoms with Crippen LogP contribution in [0.5, 0.6) is 0 Å². The molecule has 0 N–H and O–H groups in total. The summed E-state index contributed by atoms with van der Waals surface area (Å²) in [6.07, 6.45) is 4.16. The van der Waals surface area contributed by atoms with Crippen molar-refractivity contribution in [3.63, 3.8) is 0 Å². The second-order valence-corrected chi connectivity index (χ2v) is 8.32. The number of hydrogen-bond donors (Lipinski definition) is 0. The zero-order chi connectivity index (χ0) is 22.8. The van der Waals surface area contributed by atoms with Crippen molar-refractivity contribution in [2.24, 2.45) is 0 Å². The second-order valence-electron chi connectivity index (χ2n) is 8.32.